The van der Waals surface area contributed by atoms with Gasteiger partial charge < -0.3 is 10.2 Å². The van der Waals surface area contributed by atoms with Crippen LogP contribution in [-0.4, -0.2) is 10.2 Å². The van der Waals surface area contributed by atoms with E-state index in [2.05, 4.69) is 38.1 Å². The van der Waals surface area contributed by atoms with Crippen LogP contribution in [0, 0.1) is 13.8 Å². The van der Waals surface area contributed by atoms with Crippen LogP contribution >= 0.6 is 0 Å². The molecule has 2 nitrogen and oxygen atoms in total. The summed E-state index contributed by atoms with van der Waals surface area (Å²) in [5, 5.41) is 17.3. The van der Waals surface area contributed by atoms with Crippen LogP contribution in [0.5, 0.6) is 11.5 Å². The lowest BCUT2D eigenvalue weighted by molar-refractivity contribution is 0.475. The Labute approximate surface area is 168 Å². The normalized spacial score (nSPS) is 8.64. The molecule has 0 saturated carbocycles. The van der Waals surface area contributed by atoms with E-state index in [1.54, 1.807) is 48.5 Å². The fraction of sp³-hybridized carbons (Fsp3) is 0.0769. The minimum atomic E-state index is 0.322. The van der Waals surface area contributed by atoms with Gasteiger partial charge in [0.2, 0.25) is 0 Å². The summed E-state index contributed by atoms with van der Waals surface area (Å²) in [5.74, 6) is 0.644. The van der Waals surface area contributed by atoms with Gasteiger partial charge in [-0.3, -0.25) is 0 Å². The third kappa shape index (κ3) is 12.8. The summed E-state index contributed by atoms with van der Waals surface area (Å²) in [6.45, 7) is 4.17. The van der Waals surface area contributed by atoms with E-state index in [9.17, 15) is 0 Å². The third-order valence-corrected chi connectivity index (χ3v) is 3.39. The van der Waals surface area contributed by atoms with Gasteiger partial charge in [-0.05, 0) is 38.1 Å². The molecule has 4 aromatic carbocycles. The zero-order valence-electron chi connectivity index (χ0n) is 16.4. The van der Waals surface area contributed by atoms with Crippen molar-refractivity contribution in [3.05, 3.63) is 132 Å². The number of aromatic hydroxyl groups is 2. The minimum absolute atomic E-state index is 0.322. The van der Waals surface area contributed by atoms with Gasteiger partial charge >= 0.3 is 0 Å². The summed E-state index contributed by atoms with van der Waals surface area (Å²) in [4.78, 5) is 0. The molecule has 0 aliphatic heterocycles. The molecule has 0 saturated heterocycles. The van der Waals surface area contributed by atoms with Crippen molar-refractivity contribution in [3.8, 4) is 11.5 Å². The molecule has 28 heavy (non-hydrogen) atoms. The average molecular weight is 373 g/mol. The molecule has 0 spiro atoms. The number of benzene rings is 4. The van der Waals surface area contributed by atoms with Crippen LogP contribution in [0.25, 0.3) is 0 Å². The molecule has 0 amide bonds. The van der Waals surface area contributed by atoms with Gasteiger partial charge in [0.25, 0.3) is 0 Å². The molecule has 2 N–H and O–H groups in total. The lowest BCUT2D eigenvalue weighted by Crippen LogP contribution is -1.62. The molecule has 0 aliphatic carbocycles. The Bertz CT molecular complexity index is 680. The maximum atomic E-state index is 8.63. The van der Waals surface area contributed by atoms with Gasteiger partial charge in [-0.25, -0.2) is 0 Å². The molecule has 2 heteroatoms. The topological polar surface area (TPSA) is 40.5 Å². The first-order valence-corrected chi connectivity index (χ1v) is 9.09. The number of para-hydroxylation sites is 2. The van der Waals surface area contributed by atoms with E-state index in [0.29, 0.717) is 11.5 Å². The van der Waals surface area contributed by atoms with Gasteiger partial charge in [0, 0.05) is 0 Å². The molecule has 0 atom stereocenters. The van der Waals surface area contributed by atoms with Crippen molar-refractivity contribution in [2.75, 3.05) is 0 Å². The Morgan fingerprint density at radius 2 is 0.571 bits per heavy atom. The number of aryl methyl sites for hydroxylation is 2. The van der Waals surface area contributed by atoms with Crippen molar-refractivity contribution in [2.45, 2.75) is 13.8 Å². The summed E-state index contributed by atoms with van der Waals surface area (Å²) >= 11 is 0. The summed E-state index contributed by atoms with van der Waals surface area (Å²) in [7, 11) is 0. The first kappa shape index (κ1) is 22.5. The first-order chi connectivity index (χ1) is 13.6. The highest BCUT2D eigenvalue weighted by Crippen LogP contribution is 2.03. The van der Waals surface area contributed by atoms with Gasteiger partial charge in [-0.1, -0.05) is 108 Å². The third-order valence-electron chi connectivity index (χ3n) is 3.39. The Morgan fingerprint density at radius 3 is 0.679 bits per heavy atom. The highest BCUT2D eigenvalue weighted by molar-refractivity contribution is 5.19. The van der Waals surface area contributed by atoms with Crippen LogP contribution in [0.3, 0.4) is 0 Å². The van der Waals surface area contributed by atoms with E-state index in [-0.39, 0.29) is 0 Å². The Hall–Kier alpha value is -3.52. The Morgan fingerprint density at radius 1 is 0.357 bits per heavy atom. The fourth-order valence-corrected chi connectivity index (χ4v) is 1.92. The van der Waals surface area contributed by atoms with E-state index in [1.807, 2.05) is 48.5 Å². The van der Waals surface area contributed by atoms with Crippen molar-refractivity contribution in [2.24, 2.45) is 0 Å². The van der Waals surface area contributed by atoms with Gasteiger partial charge in [0.05, 0.1) is 0 Å². The predicted octanol–water partition coefficient (Wildman–Crippen LogP) is 6.77. The maximum Gasteiger partial charge on any atom is 0.115 e. The molecule has 4 rings (SSSR count). The van der Waals surface area contributed by atoms with Crippen LogP contribution in [0.1, 0.15) is 11.1 Å². The van der Waals surface area contributed by atoms with Gasteiger partial charge in [-0.2, -0.15) is 0 Å². The van der Waals surface area contributed by atoms with Gasteiger partial charge in [0.1, 0.15) is 11.5 Å². The lowest BCUT2D eigenvalue weighted by Gasteiger charge is -1.82. The molecule has 0 radical (unpaired) electrons. The monoisotopic (exact) mass is 372 g/mol. The molecular weight excluding hydrogens is 344 g/mol. The molecule has 4 aromatic rings. The van der Waals surface area contributed by atoms with Crippen molar-refractivity contribution >= 4 is 0 Å². The molecular formula is C26H28O2. The lowest BCUT2D eigenvalue weighted by atomic mass is 10.2. The van der Waals surface area contributed by atoms with E-state index in [1.165, 1.54) is 11.1 Å². The van der Waals surface area contributed by atoms with Crippen LogP contribution in [0.4, 0.5) is 0 Å². The zero-order chi connectivity index (χ0) is 20.5. The number of rotatable bonds is 0. The van der Waals surface area contributed by atoms with Crippen molar-refractivity contribution in [3.63, 3.8) is 0 Å². The highest BCUT2D eigenvalue weighted by Gasteiger charge is 1.76. The standard InChI is InChI=1S/2C7H8.2C6H6O/c2*1-7-5-3-2-4-6-7;2*7-6-4-2-1-3-5-6/h2*2-6H,1H3;2*1-5,7H. The quantitative estimate of drug-likeness (QED) is 0.357. The summed E-state index contributed by atoms with van der Waals surface area (Å²) in [5.41, 5.74) is 2.64. The van der Waals surface area contributed by atoms with Crippen molar-refractivity contribution in [1.82, 2.24) is 0 Å². The van der Waals surface area contributed by atoms with E-state index in [0.717, 1.165) is 0 Å². The average Bonchev–Trinajstić information content (AvgIpc) is 2.72. The number of hydrogen-bond donors (Lipinski definition) is 2. The van der Waals surface area contributed by atoms with Crippen LogP contribution < -0.4 is 0 Å². The molecule has 0 aliphatic rings. The van der Waals surface area contributed by atoms with Gasteiger partial charge in [-0.15, -0.1) is 0 Å². The predicted molar refractivity (Wildman–Crippen MR) is 119 cm³/mol. The van der Waals surface area contributed by atoms with Crippen molar-refractivity contribution < 1.29 is 10.2 Å². The second-order valence-electron chi connectivity index (χ2n) is 5.98. The van der Waals surface area contributed by atoms with Crippen molar-refractivity contribution in [1.29, 1.82) is 0 Å². The van der Waals surface area contributed by atoms with E-state index < -0.39 is 0 Å². The van der Waals surface area contributed by atoms with Crippen LogP contribution in [0.2, 0.25) is 0 Å². The SMILES string of the molecule is Cc1ccccc1.Cc1ccccc1.Oc1ccccc1.Oc1ccccc1. The number of hydrogen-bond acceptors (Lipinski definition) is 2. The zero-order valence-corrected chi connectivity index (χ0v) is 16.4. The van der Waals surface area contributed by atoms with E-state index in [4.69, 9.17) is 10.2 Å². The van der Waals surface area contributed by atoms with E-state index >= 15 is 0 Å². The smallest absolute Gasteiger partial charge is 0.115 e. The Kier molecular flexibility index (Phi) is 11.8. The molecule has 0 bridgehead atoms. The number of phenols is 2. The molecule has 0 aromatic heterocycles. The second kappa shape index (κ2) is 14.6. The maximum absolute atomic E-state index is 8.63. The summed E-state index contributed by atoms with van der Waals surface area (Å²) in [6.07, 6.45) is 0. The molecule has 0 unspecified atom stereocenters. The van der Waals surface area contributed by atoms with Crippen LogP contribution in [0.15, 0.2) is 121 Å². The van der Waals surface area contributed by atoms with Gasteiger partial charge in [0.15, 0.2) is 0 Å². The number of phenolic OH excluding ortho intramolecular Hbond substituents is 2. The highest BCUT2D eigenvalue weighted by atomic mass is 16.3. The molecule has 0 fully saturated rings. The minimum Gasteiger partial charge on any atom is -0.508 e. The fourth-order valence-electron chi connectivity index (χ4n) is 1.92. The largest absolute Gasteiger partial charge is 0.508 e. The summed E-state index contributed by atoms with van der Waals surface area (Å²) in [6, 6.07) is 37.9. The second-order valence-corrected chi connectivity index (χ2v) is 5.98. The first-order valence-electron chi connectivity index (χ1n) is 9.09. The summed E-state index contributed by atoms with van der Waals surface area (Å²) < 4.78 is 0. The molecule has 0 heterocycles. The Balaban J connectivity index is 0.000000187. The molecule has 144 valence electrons. The van der Waals surface area contributed by atoms with Crippen LogP contribution in [-0.2, 0) is 0 Å².